The minimum atomic E-state index is 0.0777. The normalized spacial score (nSPS) is 12.2. The van der Waals surface area contributed by atoms with Gasteiger partial charge >= 0.3 is 0 Å². The molecular formula is C23H16O2. The molecule has 0 amide bonds. The van der Waals surface area contributed by atoms with E-state index in [0.29, 0.717) is 0 Å². The third-order valence-electron chi connectivity index (χ3n) is 5.19. The van der Waals surface area contributed by atoms with Crippen LogP contribution in [0, 0.1) is 6.92 Å². The van der Waals surface area contributed by atoms with Crippen LogP contribution in [0.2, 0.25) is 0 Å². The lowest BCUT2D eigenvalue weighted by Gasteiger charge is -2.07. The summed E-state index contributed by atoms with van der Waals surface area (Å²) in [6.45, 7) is 1.91. The van der Waals surface area contributed by atoms with Crippen LogP contribution < -0.4 is 5.43 Å². The maximum Gasteiger partial charge on any atom is 0.190 e. The van der Waals surface area contributed by atoms with Gasteiger partial charge in [-0.15, -0.1) is 0 Å². The molecule has 1 aliphatic rings. The summed E-state index contributed by atoms with van der Waals surface area (Å²) in [6, 6.07) is 20.2. The molecule has 1 aromatic heterocycles. The lowest BCUT2D eigenvalue weighted by Crippen LogP contribution is -2.03. The summed E-state index contributed by atoms with van der Waals surface area (Å²) in [4.78, 5) is 13.2. The number of rotatable bonds is 1. The van der Waals surface area contributed by atoms with E-state index < -0.39 is 0 Å². The van der Waals surface area contributed by atoms with Crippen LogP contribution in [0.3, 0.4) is 0 Å². The minimum Gasteiger partial charge on any atom is -0.464 e. The monoisotopic (exact) mass is 324 g/mol. The first-order valence-electron chi connectivity index (χ1n) is 8.46. The van der Waals surface area contributed by atoms with Gasteiger partial charge in [-0.05, 0) is 53.1 Å². The number of benzene rings is 2. The molecule has 0 saturated heterocycles. The molecule has 3 aromatic carbocycles. The number of furan rings is 1. The molecule has 120 valence electrons. The van der Waals surface area contributed by atoms with Crippen LogP contribution in [0.25, 0.3) is 33.2 Å². The van der Waals surface area contributed by atoms with E-state index in [1.807, 2.05) is 37.3 Å². The van der Waals surface area contributed by atoms with Crippen LogP contribution in [0.5, 0.6) is 0 Å². The van der Waals surface area contributed by atoms with Crippen LogP contribution in [0.15, 0.2) is 76.1 Å². The highest BCUT2D eigenvalue weighted by molar-refractivity contribution is 6.00. The molecule has 0 aliphatic heterocycles. The summed E-state index contributed by atoms with van der Waals surface area (Å²) in [7, 11) is 0. The first-order valence-corrected chi connectivity index (χ1v) is 8.46. The van der Waals surface area contributed by atoms with Crippen molar-refractivity contribution in [3.8, 4) is 22.5 Å². The van der Waals surface area contributed by atoms with E-state index in [1.165, 1.54) is 16.7 Å². The van der Waals surface area contributed by atoms with E-state index in [-0.39, 0.29) is 5.43 Å². The van der Waals surface area contributed by atoms with Crippen LogP contribution >= 0.6 is 0 Å². The minimum absolute atomic E-state index is 0.0777. The summed E-state index contributed by atoms with van der Waals surface area (Å²) in [5.41, 5.74) is 6.60. The van der Waals surface area contributed by atoms with Gasteiger partial charge in [0.25, 0.3) is 0 Å². The SMILES string of the molecule is Cc1c(-c2ccco2)c2c(c3ccccc3c1=O)Cc1ccccc1-2. The standard InChI is InChI=1S/C23H16O2/c1-14-21(20-11-6-12-25-20)22-16-8-3-2-7-15(16)13-19(22)17-9-4-5-10-18(17)23(14)24/h2-12H,13H2,1H3. The van der Waals surface area contributed by atoms with Crippen molar-refractivity contribution in [1.82, 2.24) is 0 Å². The van der Waals surface area contributed by atoms with Gasteiger partial charge in [-0.2, -0.15) is 0 Å². The molecule has 0 unspecified atom stereocenters. The molecule has 0 atom stereocenters. The van der Waals surface area contributed by atoms with Crippen molar-refractivity contribution in [2.45, 2.75) is 13.3 Å². The molecule has 2 heteroatoms. The Hall–Kier alpha value is -3.13. The Labute approximate surface area is 145 Å². The summed E-state index contributed by atoms with van der Waals surface area (Å²) in [5, 5.41) is 1.82. The predicted molar refractivity (Wildman–Crippen MR) is 101 cm³/mol. The molecule has 0 bridgehead atoms. The van der Waals surface area contributed by atoms with E-state index in [9.17, 15) is 4.79 Å². The average Bonchev–Trinajstić information content (AvgIpc) is 3.28. The summed E-state index contributed by atoms with van der Waals surface area (Å²) < 4.78 is 5.73. The highest BCUT2D eigenvalue weighted by Gasteiger charge is 2.26. The number of hydrogen-bond donors (Lipinski definition) is 0. The fourth-order valence-corrected chi connectivity index (χ4v) is 4.05. The Bertz CT molecular complexity index is 1180. The van der Waals surface area contributed by atoms with Gasteiger partial charge in [0.2, 0.25) is 0 Å². The molecule has 0 fully saturated rings. The molecule has 1 aliphatic carbocycles. The highest BCUT2D eigenvalue weighted by Crippen LogP contribution is 2.45. The van der Waals surface area contributed by atoms with Crippen molar-refractivity contribution < 1.29 is 4.42 Å². The Morgan fingerprint density at radius 2 is 1.60 bits per heavy atom. The Balaban J connectivity index is 2.08. The molecule has 4 aromatic rings. The van der Waals surface area contributed by atoms with Crippen molar-refractivity contribution in [2.24, 2.45) is 0 Å². The van der Waals surface area contributed by atoms with Crippen molar-refractivity contribution in [3.05, 3.63) is 93.8 Å². The maximum absolute atomic E-state index is 13.2. The highest BCUT2D eigenvalue weighted by atomic mass is 16.3. The molecule has 2 nitrogen and oxygen atoms in total. The first-order chi connectivity index (χ1) is 12.3. The maximum atomic E-state index is 13.2. The second-order valence-corrected chi connectivity index (χ2v) is 6.54. The average molecular weight is 324 g/mol. The first kappa shape index (κ1) is 14.2. The molecule has 1 heterocycles. The molecular weight excluding hydrogens is 308 g/mol. The third-order valence-corrected chi connectivity index (χ3v) is 5.19. The van der Waals surface area contributed by atoms with Crippen molar-refractivity contribution >= 4 is 10.8 Å². The van der Waals surface area contributed by atoms with Crippen LogP contribution in [-0.2, 0) is 6.42 Å². The van der Waals surface area contributed by atoms with Crippen LogP contribution in [0.1, 0.15) is 16.7 Å². The van der Waals surface area contributed by atoms with Gasteiger partial charge in [-0.1, -0.05) is 48.5 Å². The third kappa shape index (κ3) is 1.94. The van der Waals surface area contributed by atoms with Gasteiger partial charge in [0.15, 0.2) is 5.43 Å². The Morgan fingerprint density at radius 3 is 2.40 bits per heavy atom. The smallest absolute Gasteiger partial charge is 0.190 e. The summed E-state index contributed by atoms with van der Waals surface area (Å²) in [5.74, 6) is 0.753. The predicted octanol–water partition coefficient (Wildman–Crippen LogP) is 5.34. The van der Waals surface area contributed by atoms with Gasteiger partial charge in [-0.3, -0.25) is 4.79 Å². The van der Waals surface area contributed by atoms with Crippen LogP contribution in [-0.4, -0.2) is 0 Å². The lowest BCUT2D eigenvalue weighted by atomic mass is 9.97. The summed E-state index contributed by atoms with van der Waals surface area (Å²) >= 11 is 0. The van der Waals surface area contributed by atoms with Gasteiger partial charge in [0.1, 0.15) is 5.76 Å². The van der Waals surface area contributed by atoms with Gasteiger partial charge in [-0.25, -0.2) is 0 Å². The fraction of sp³-hybridized carbons (Fsp3) is 0.0870. The van der Waals surface area contributed by atoms with E-state index in [4.69, 9.17) is 4.42 Å². The zero-order valence-electron chi connectivity index (χ0n) is 13.9. The van der Waals surface area contributed by atoms with Gasteiger partial charge < -0.3 is 4.42 Å². The second-order valence-electron chi connectivity index (χ2n) is 6.54. The number of fused-ring (bicyclic) bond motifs is 5. The Morgan fingerprint density at radius 1 is 0.840 bits per heavy atom. The largest absolute Gasteiger partial charge is 0.464 e. The van der Waals surface area contributed by atoms with E-state index in [1.54, 1.807) is 6.26 Å². The van der Waals surface area contributed by atoms with Gasteiger partial charge in [0.05, 0.1) is 6.26 Å². The topological polar surface area (TPSA) is 30.2 Å². The molecule has 25 heavy (non-hydrogen) atoms. The Kier molecular flexibility index (Phi) is 2.95. The van der Waals surface area contributed by atoms with E-state index in [2.05, 4.69) is 30.3 Å². The lowest BCUT2D eigenvalue weighted by molar-refractivity contribution is 0.582. The quantitative estimate of drug-likeness (QED) is 0.416. The van der Waals surface area contributed by atoms with E-state index >= 15 is 0 Å². The van der Waals surface area contributed by atoms with Crippen molar-refractivity contribution in [1.29, 1.82) is 0 Å². The van der Waals surface area contributed by atoms with Crippen molar-refractivity contribution in [2.75, 3.05) is 0 Å². The molecule has 0 saturated carbocycles. The fourth-order valence-electron chi connectivity index (χ4n) is 4.05. The second kappa shape index (κ2) is 5.18. The number of hydrogen-bond acceptors (Lipinski definition) is 2. The van der Waals surface area contributed by atoms with E-state index in [0.717, 1.165) is 39.6 Å². The van der Waals surface area contributed by atoms with Gasteiger partial charge in [0, 0.05) is 16.5 Å². The summed E-state index contributed by atoms with van der Waals surface area (Å²) in [6.07, 6.45) is 2.51. The molecule has 0 spiro atoms. The van der Waals surface area contributed by atoms with Crippen molar-refractivity contribution in [3.63, 3.8) is 0 Å². The van der Waals surface area contributed by atoms with Crippen LogP contribution in [0.4, 0.5) is 0 Å². The molecule has 5 rings (SSSR count). The zero-order chi connectivity index (χ0) is 17.0. The zero-order valence-corrected chi connectivity index (χ0v) is 13.9. The molecule has 0 N–H and O–H groups in total. The molecule has 0 radical (unpaired) electrons.